The first-order valence-corrected chi connectivity index (χ1v) is 6.95. The molecule has 1 aromatic rings. The Labute approximate surface area is 111 Å². The minimum atomic E-state index is -4.19. The molecule has 0 aromatic heterocycles. The van der Waals surface area contributed by atoms with E-state index in [1.807, 2.05) is 0 Å². The van der Waals surface area contributed by atoms with Crippen molar-refractivity contribution in [1.82, 2.24) is 0 Å². The van der Waals surface area contributed by atoms with Crippen molar-refractivity contribution in [3.63, 3.8) is 0 Å². The number of benzene rings is 1. The van der Waals surface area contributed by atoms with Crippen LogP contribution >= 0.6 is 12.2 Å². The van der Waals surface area contributed by atoms with Gasteiger partial charge in [0, 0.05) is 5.69 Å². The Bertz CT molecular complexity index is 563. The molecule has 0 bridgehead atoms. The van der Waals surface area contributed by atoms with Gasteiger partial charge in [-0.05, 0) is 38.1 Å². The number of anilines is 1. The van der Waals surface area contributed by atoms with Gasteiger partial charge in [0.05, 0.1) is 15.8 Å². The number of Topliss-reactive ketones (excluding diaryl/α,β-unsaturated/α-hetero) is 1. The van der Waals surface area contributed by atoms with E-state index < -0.39 is 16.0 Å². The maximum atomic E-state index is 11.1. The van der Waals surface area contributed by atoms with Crippen LogP contribution < -0.4 is 5.32 Å². The number of rotatable bonds is 4. The first-order valence-electron chi connectivity index (χ1n) is 5.10. The van der Waals surface area contributed by atoms with Gasteiger partial charge in [-0.25, -0.2) is 0 Å². The molecule has 2 N–H and O–H groups in total. The van der Waals surface area contributed by atoms with Crippen LogP contribution in [-0.2, 0) is 14.9 Å². The lowest BCUT2D eigenvalue weighted by Gasteiger charge is -2.12. The van der Waals surface area contributed by atoms with E-state index in [2.05, 4.69) is 5.32 Å². The molecule has 1 aromatic carbocycles. The highest BCUT2D eigenvalue weighted by Gasteiger charge is 2.14. The largest absolute Gasteiger partial charge is 0.349 e. The van der Waals surface area contributed by atoms with Gasteiger partial charge in [0.2, 0.25) is 0 Å². The zero-order chi connectivity index (χ0) is 13.9. The van der Waals surface area contributed by atoms with Gasteiger partial charge in [-0.2, -0.15) is 8.42 Å². The third kappa shape index (κ3) is 3.86. The molecule has 0 saturated carbocycles. The standard InChI is InChI=1S/C11H13NO4S2/c1-7(8(2)13)11(17)12-9-3-5-10(6-4-9)18(14,15)16/h3-7H,1-2H3,(H,12,17)(H,14,15,16). The van der Waals surface area contributed by atoms with E-state index in [0.717, 1.165) is 0 Å². The number of hydrogen-bond donors (Lipinski definition) is 2. The lowest BCUT2D eigenvalue weighted by Crippen LogP contribution is -2.23. The second-order valence-electron chi connectivity index (χ2n) is 3.82. The molecule has 1 atom stereocenters. The zero-order valence-corrected chi connectivity index (χ0v) is 11.5. The fourth-order valence-electron chi connectivity index (χ4n) is 1.15. The predicted molar refractivity (Wildman–Crippen MR) is 72.3 cm³/mol. The number of ketones is 1. The van der Waals surface area contributed by atoms with Crippen molar-refractivity contribution in [3.8, 4) is 0 Å². The molecule has 5 nitrogen and oxygen atoms in total. The van der Waals surface area contributed by atoms with Gasteiger partial charge in [0.25, 0.3) is 10.1 Å². The van der Waals surface area contributed by atoms with Crippen LogP contribution in [0.4, 0.5) is 5.69 Å². The van der Waals surface area contributed by atoms with E-state index in [-0.39, 0.29) is 10.7 Å². The highest BCUT2D eigenvalue weighted by atomic mass is 32.2. The lowest BCUT2D eigenvalue weighted by atomic mass is 10.1. The average Bonchev–Trinajstić information content (AvgIpc) is 2.27. The van der Waals surface area contributed by atoms with Gasteiger partial charge in [0.1, 0.15) is 5.78 Å². The maximum Gasteiger partial charge on any atom is 0.294 e. The Morgan fingerprint density at radius 3 is 2.22 bits per heavy atom. The molecule has 98 valence electrons. The first kappa shape index (κ1) is 14.7. The summed E-state index contributed by atoms with van der Waals surface area (Å²) in [5, 5.41) is 2.84. The van der Waals surface area contributed by atoms with Crippen LogP contribution in [0.1, 0.15) is 13.8 Å². The number of hydrogen-bond acceptors (Lipinski definition) is 4. The van der Waals surface area contributed by atoms with Gasteiger partial charge in [0.15, 0.2) is 0 Å². The fourth-order valence-corrected chi connectivity index (χ4v) is 1.91. The third-order valence-corrected chi connectivity index (χ3v) is 3.75. The zero-order valence-electron chi connectivity index (χ0n) is 9.88. The van der Waals surface area contributed by atoms with Crippen LogP contribution in [0.15, 0.2) is 29.2 Å². The van der Waals surface area contributed by atoms with Crippen LogP contribution in [0.2, 0.25) is 0 Å². The molecular formula is C11H13NO4S2. The summed E-state index contributed by atoms with van der Waals surface area (Å²) >= 11 is 5.04. The van der Waals surface area contributed by atoms with E-state index in [4.69, 9.17) is 16.8 Å². The molecule has 7 heteroatoms. The maximum absolute atomic E-state index is 11.1. The second-order valence-corrected chi connectivity index (χ2v) is 5.68. The summed E-state index contributed by atoms with van der Waals surface area (Å²) in [5.41, 5.74) is 0.556. The molecule has 0 saturated heterocycles. The molecule has 18 heavy (non-hydrogen) atoms. The van der Waals surface area contributed by atoms with Gasteiger partial charge >= 0.3 is 0 Å². The fraction of sp³-hybridized carbons (Fsp3) is 0.273. The van der Waals surface area contributed by atoms with E-state index in [1.54, 1.807) is 6.92 Å². The molecular weight excluding hydrogens is 274 g/mol. The Hall–Kier alpha value is -1.31. The molecule has 1 rings (SSSR count). The Balaban J connectivity index is 2.82. The second kappa shape index (κ2) is 5.55. The van der Waals surface area contributed by atoms with Crippen molar-refractivity contribution >= 4 is 38.8 Å². The van der Waals surface area contributed by atoms with Crippen molar-refractivity contribution in [1.29, 1.82) is 0 Å². The van der Waals surface area contributed by atoms with Crippen molar-refractivity contribution in [2.75, 3.05) is 5.32 Å². The summed E-state index contributed by atoms with van der Waals surface area (Å²) in [6, 6.07) is 5.42. The van der Waals surface area contributed by atoms with Gasteiger partial charge in [-0.1, -0.05) is 12.2 Å². The normalized spacial score (nSPS) is 12.8. The van der Waals surface area contributed by atoms with Crippen LogP contribution in [0, 0.1) is 5.92 Å². The number of carbonyl (C=O) groups is 1. The van der Waals surface area contributed by atoms with Gasteiger partial charge in [-0.15, -0.1) is 0 Å². The minimum absolute atomic E-state index is 0.0537. The molecule has 0 heterocycles. The highest BCUT2D eigenvalue weighted by Crippen LogP contribution is 2.15. The molecule has 0 aliphatic carbocycles. The van der Waals surface area contributed by atoms with Crippen molar-refractivity contribution in [3.05, 3.63) is 24.3 Å². The Morgan fingerprint density at radius 2 is 1.83 bits per heavy atom. The van der Waals surface area contributed by atoms with Gasteiger partial charge in [-0.3, -0.25) is 9.35 Å². The lowest BCUT2D eigenvalue weighted by molar-refractivity contribution is -0.118. The van der Waals surface area contributed by atoms with Crippen LogP contribution in [0.3, 0.4) is 0 Å². The van der Waals surface area contributed by atoms with Crippen molar-refractivity contribution in [2.24, 2.45) is 5.92 Å². The van der Waals surface area contributed by atoms with E-state index in [1.165, 1.54) is 31.2 Å². The number of thiocarbonyl (C=S) groups is 1. The molecule has 0 amide bonds. The molecule has 0 radical (unpaired) electrons. The van der Waals surface area contributed by atoms with Crippen molar-refractivity contribution in [2.45, 2.75) is 18.7 Å². The van der Waals surface area contributed by atoms with Gasteiger partial charge < -0.3 is 5.32 Å². The highest BCUT2D eigenvalue weighted by molar-refractivity contribution is 7.85. The topological polar surface area (TPSA) is 83.5 Å². The Morgan fingerprint density at radius 1 is 1.33 bits per heavy atom. The van der Waals surface area contributed by atoms with E-state index >= 15 is 0 Å². The summed E-state index contributed by atoms with van der Waals surface area (Å²) in [6.45, 7) is 3.13. The first-order chi connectivity index (χ1) is 8.21. The molecule has 1 unspecified atom stereocenters. The van der Waals surface area contributed by atoms with Crippen molar-refractivity contribution < 1.29 is 17.8 Å². The summed E-state index contributed by atoms with van der Waals surface area (Å²) in [7, 11) is -4.19. The SMILES string of the molecule is CC(=O)C(C)C(=S)Nc1ccc(S(=O)(=O)O)cc1. The molecule has 0 aliphatic heterocycles. The predicted octanol–water partition coefficient (Wildman–Crippen LogP) is 1.90. The van der Waals surface area contributed by atoms with E-state index in [9.17, 15) is 13.2 Å². The number of carbonyl (C=O) groups excluding carboxylic acids is 1. The molecule has 0 spiro atoms. The van der Waals surface area contributed by atoms with E-state index in [0.29, 0.717) is 10.7 Å². The summed E-state index contributed by atoms with van der Waals surface area (Å²) in [5.74, 6) is -0.455. The smallest absolute Gasteiger partial charge is 0.294 e. The summed E-state index contributed by atoms with van der Waals surface area (Å²) in [6.07, 6.45) is 0. The van der Waals surface area contributed by atoms with Crippen LogP contribution in [0.25, 0.3) is 0 Å². The average molecular weight is 287 g/mol. The van der Waals surface area contributed by atoms with Crippen LogP contribution in [-0.4, -0.2) is 23.7 Å². The quantitative estimate of drug-likeness (QED) is 0.650. The third-order valence-electron chi connectivity index (χ3n) is 2.42. The molecule has 0 aliphatic rings. The minimum Gasteiger partial charge on any atom is -0.349 e. The van der Waals surface area contributed by atoms with Crippen LogP contribution in [0.5, 0.6) is 0 Å². The summed E-state index contributed by atoms with van der Waals surface area (Å²) in [4.78, 5) is 11.3. The molecule has 0 fully saturated rings. The monoisotopic (exact) mass is 287 g/mol. The summed E-state index contributed by atoms with van der Waals surface area (Å²) < 4.78 is 30.5. The Kier molecular flexibility index (Phi) is 4.55. The number of nitrogens with one attached hydrogen (secondary N) is 1.